The van der Waals surface area contributed by atoms with Crippen LogP contribution in [0.4, 0.5) is 11.6 Å². The van der Waals surface area contributed by atoms with Gasteiger partial charge in [0.1, 0.15) is 12.0 Å². The lowest BCUT2D eigenvalue weighted by atomic mass is 9.73. The van der Waals surface area contributed by atoms with E-state index < -0.39 is 0 Å². The second-order valence-corrected chi connectivity index (χ2v) is 10.4. The largest absolute Gasteiger partial charge is 0.376 e. The maximum Gasteiger partial charge on any atom is 0.274 e. The quantitative estimate of drug-likeness (QED) is 0.528. The van der Waals surface area contributed by atoms with E-state index in [-0.39, 0.29) is 29.2 Å². The molecule has 2 fully saturated rings. The summed E-state index contributed by atoms with van der Waals surface area (Å²) in [7, 11) is 0. The van der Waals surface area contributed by atoms with Crippen molar-refractivity contribution in [3.05, 3.63) is 59.9 Å². The number of rotatable bonds is 5. The van der Waals surface area contributed by atoms with Gasteiger partial charge >= 0.3 is 0 Å². The van der Waals surface area contributed by atoms with Crippen LogP contribution in [0.1, 0.15) is 30.3 Å². The number of piperidine rings is 1. The molecule has 11 heteroatoms. The first kappa shape index (κ1) is 23.9. The highest BCUT2D eigenvalue weighted by Gasteiger charge is 2.47. The lowest BCUT2D eigenvalue weighted by molar-refractivity contribution is 0.0973. The lowest BCUT2D eigenvalue weighted by Gasteiger charge is -2.41. The number of halogens is 1. The summed E-state index contributed by atoms with van der Waals surface area (Å²) in [6.07, 6.45) is 8.49. The highest BCUT2D eigenvalue weighted by atomic mass is 35.5. The van der Waals surface area contributed by atoms with E-state index in [9.17, 15) is 4.79 Å². The summed E-state index contributed by atoms with van der Waals surface area (Å²) >= 11 is 8.02. The summed E-state index contributed by atoms with van der Waals surface area (Å²) in [4.78, 5) is 33.2. The number of anilines is 2. The highest BCUT2D eigenvalue weighted by Crippen LogP contribution is 2.42. The van der Waals surface area contributed by atoms with Gasteiger partial charge in [-0.2, -0.15) is 0 Å². The third-order valence-corrected chi connectivity index (χ3v) is 8.28. The number of nitrogens with two attached hydrogens (primary N) is 1. The summed E-state index contributed by atoms with van der Waals surface area (Å²) in [5, 5.41) is 3.24. The SMILES string of the molecule is C[C@@H]1OCC2(CCN(c3ncc(Sc4cccc(NC(=O)c5ccncn5)c4Cl)cn3)CC2)[C@@H]1N. The molecule has 1 aromatic carbocycles. The molecule has 2 aliphatic heterocycles. The number of nitrogens with one attached hydrogen (secondary N) is 1. The van der Waals surface area contributed by atoms with E-state index in [2.05, 4.69) is 37.1 Å². The van der Waals surface area contributed by atoms with E-state index in [1.54, 1.807) is 24.5 Å². The van der Waals surface area contributed by atoms with Crippen molar-refractivity contribution in [3.63, 3.8) is 0 Å². The molecule has 1 amide bonds. The second-order valence-electron chi connectivity index (χ2n) is 8.88. The molecule has 35 heavy (non-hydrogen) atoms. The smallest absolute Gasteiger partial charge is 0.274 e. The minimum absolute atomic E-state index is 0.0658. The molecule has 2 aliphatic rings. The van der Waals surface area contributed by atoms with Crippen LogP contribution in [0.3, 0.4) is 0 Å². The van der Waals surface area contributed by atoms with E-state index in [1.165, 1.54) is 24.3 Å². The molecule has 0 radical (unpaired) electrons. The lowest BCUT2D eigenvalue weighted by Crippen LogP contribution is -2.50. The summed E-state index contributed by atoms with van der Waals surface area (Å²) in [6.45, 7) is 4.50. The zero-order valence-electron chi connectivity index (χ0n) is 19.2. The molecule has 4 heterocycles. The number of carbonyl (C=O) groups is 1. The van der Waals surface area contributed by atoms with E-state index in [0.717, 1.165) is 42.3 Å². The maximum atomic E-state index is 12.4. The van der Waals surface area contributed by atoms with Crippen LogP contribution >= 0.6 is 23.4 Å². The second kappa shape index (κ2) is 10.1. The third kappa shape index (κ3) is 4.97. The summed E-state index contributed by atoms with van der Waals surface area (Å²) < 4.78 is 5.82. The van der Waals surface area contributed by atoms with Crippen LogP contribution in [0.15, 0.2) is 59.0 Å². The number of carbonyl (C=O) groups excluding carboxylic acids is 1. The Morgan fingerprint density at radius 3 is 2.66 bits per heavy atom. The van der Waals surface area contributed by atoms with Crippen molar-refractivity contribution in [2.45, 2.75) is 41.7 Å². The number of amides is 1. The zero-order valence-corrected chi connectivity index (χ0v) is 20.8. The Bertz CT molecular complexity index is 1190. The Balaban J connectivity index is 1.22. The molecule has 5 rings (SSSR count). The molecule has 3 N–H and O–H groups in total. The van der Waals surface area contributed by atoms with Gasteiger partial charge in [0.05, 0.1) is 23.4 Å². The van der Waals surface area contributed by atoms with Crippen LogP contribution in [0.25, 0.3) is 0 Å². The molecule has 0 aliphatic carbocycles. The number of hydrogen-bond donors (Lipinski definition) is 2. The Morgan fingerprint density at radius 2 is 2.00 bits per heavy atom. The monoisotopic (exact) mass is 511 g/mol. The fraction of sp³-hybridized carbons (Fsp3) is 0.375. The first-order valence-electron chi connectivity index (χ1n) is 11.4. The van der Waals surface area contributed by atoms with Gasteiger partial charge in [-0.15, -0.1) is 0 Å². The molecule has 2 saturated heterocycles. The summed E-state index contributed by atoms with van der Waals surface area (Å²) in [5.74, 6) is 0.355. The molecule has 2 aromatic heterocycles. The van der Waals surface area contributed by atoms with Crippen molar-refractivity contribution in [1.29, 1.82) is 0 Å². The van der Waals surface area contributed by atoms with Gasteiger partial charge in [-0.05, 0) is 38.0 Å². The van der Waals surface area contributed by atoms with Gasteiger partial charge in [0.15, 0.2) is 0 Å². The van der Waals surface area contributed by atoms with E-state index >= 15 is 0 Å². The van der Waals surface area contributed by atoms with E-state index in [0.29, 0.717) is 16.7 Å². The van der Waals surface area contributed by atoms with Gasteiger partial charge in [-0.1, -0.05) is 29.4 Å². The van der Waals surface area contributed by atoms with E-state index in [4.69, 9.17) is 22.1 Å². The molecule has 9 nitrogen and oxygen atoms in total. The molecule has 0 saturated carbocycles. The average molecular weight is 512 g/mol. The predicted octanol–water partition coefficient (Wildman–Crippen LogP) is 3.66. The molecule has 2 atom stereocenters. The fourth-order valence-electron chi connectivity index (χ4n) is 4.57. The molecule has 3 aromatic rings. The van der Waals surface area contributed by atoms with Crippen molar-refractivity contribution in [2.75, 3.05) is 29.9 Å². The van der Waals surface area contributed by atoms with Crippen molar-refractivity contribution in [3.8, 4) is 0 Å². The van der Waals surface area contributed by atoms with Gasteiger partial charge in [0, 0.05) is 52.9 Å². The number of ether oxygens (including phenoxy) is 1. The maximum absolute atomic E-state index is 12.4. The standard InChI is InChI=1S/C24H26ClN7O2S/c1-15-21(26)24(13-34-15)6-9-32(10-7-24)23-28-11-16(12-29-23)35-19-4-2-3-17(20(19)25)31-22(33)18-5-8-27-14-30-18/h2-5,8,11-12,14-15,21H,6-7,9-10,13,26H2,1H3,(H,31,33)/t15-,21+/m0/s1. The first-order chi connectivity index (χ1) is 16.9. The van der Waals surface area contributed by atoms with Crippen LogP contribution in [-0.4, -0.2) is 57.7 Å². The fourth-order valence-corrected chi connectivity index (χ4v) is 5.67. The number of aromatic nitrogens is 4. The van der Waals surface area contributed by atoms with Crippen molar-refractivity contribution < 1.29 is 9.53 Å². The predicted molar refractivity (Wildman–Crippen MR) is 135 cm³/mol. The number of nitrogens with zero attached hydrogens (tertiary/aromatic N) is 5. The van der Waals surface area contributed by atoms with Crippen LogP contribution in [0.5, 0.6) is 0 Å². The van der Waals surface area contributed by atoms with Gasteiger partial charge in [-0.3, -0.25) is 4.79 Å². The van der Waals surface area contributed by atoms with Gasteiger partial charge in [0.25, 0.3) is 5.91 Å². The van der Waals surface area contributed by atoms with Gasteiger partial charge in [-0.25, -0.2) is 19.9 Å². The van der Waals surface area contributed by atoms with Crippen LogP contribution in [-0.2, 0) is 4.74 Å². The Kier molecular flexibility index (Phi) is 6.88. The molecule has 0 bridgehead atoms. The normalized spacial score (nSPS) is 21.3. The Morgan fingerprint density at radius 1 is 1.23 bits per heavy atom. The summed E-state index contributed by atoms with van der Waals surface area (Å²) in [6, 6.07) is 7.09. The number of hydrogen-bond acceptors (Lipinski definition) is 9. The number of benzene rings is 1. The first-order valence-corrected chi connectivity index (χ1v) is 12.6. The zero-order chi connectivity index (χ0) is 24.4. The third-order valence-electron chi connectivity index (χ3n) is 6.76. The van der Waals surface area contributed by atoms with Crippen LogP contribution in [0.2, 0.25) is 5.02 Å². The van der Waals surface area contributed by atoms with Crippen LogP contribution < -0.4 is 16.0 Å². The molecular formula is C24H26ClN7O2S. The average Bonchev–Trinajstić information content (AvgIpc) is 3.16. The highest BCUT2D eigenvalue weighted by molar-refractivity contribution is 7.99. The van der Waals surface area contributed by atoms with Crippen molar-refractivity contribution in [2.24, 2.45) is 11.1 Å². The molecule has 0 unspecified atom stereocenters. The van der Waals surface area contributed by atoms with Gasteiger partial charge in [0.2, 0.25) is 5.95 Å². The minimum atomic E-state index is -0.355. The van der Waals surface area contributed by atoms with Crippen LogP contribution in [0, 0.1) is 5.41 Å². The molecule has 182 valence electrons. The Hall–Kier alpha value is -2.79. The minimum Gasteiger partial charge on any atom is -0.376 e. The van der Waals surface area contributed by atoms with Crippen molar-refractivity contribution >= 4 is 40.9 Å². The van der Waals surface area contributed by atoms with Crippen molar-refractivity contribution in [1.82, 2.24) is 19.9 Å². The Labute approximate surface area is 212 Å². The molecule has 1 spiro atoms. The van der Waals surface area contributed by atoms with E-state index in [1.807, 2.05) is 12.1 Å². The topological polar surface area (TPSA) is 119 Å². The van der Waals surface area contributed by atoms with Gasteiger partial charge < -0.3 is 20.7 Å². The molecular weight excluding hydrogens is 486 g/mol. The summed E-state index contributed by atoms with van der Waals surface area (Å²) in [5.41, 5.74) is 7.26.